The first-order valence-electron chi connectivity index (χ1n) is 5.85. The lowest BCUT2D eigenvalue weighted by Crippen LogP contribution is -2.53. The number of nitrogens with two attached hydrogens (primary N) is 1. The molecule has 0 aliphatic heterocycles. The van der Waals surface area contributed by atoms with E-state index in [1.54, 1.807) is 13.8 Å². The van der Waals surface area contributed by atoms with Crippen molar-refractivity contribution in [3.8, 4) is 0 Å². The molecule has 0 aromatic carbocycles. The Morgan fingerprint density at radius 2 is 1.88 bits per heavy atom. The van der Waals surface area contributed by atoms with Crippen LogP contribution in [0.25, 0.3) is 0 Å². The summed E-state index contributed by atoms with van der Waals surface area (Å²) in [6.45, 7) is 7.56. The molecule has 1 atom stereocenters. The van der Waals surface area contributed by atoms with E-state index in [-0.39, 0.29) is 18.4 Å². The molecule has 17 heavy (non-hydrogen) atoms. The quantitative estimate of drug-likeness (QED) is 0.673. The second kappa shape index (κ2) is 6.59. The van der Waals surface area contributed by atoms with Gasteiger partial charge in [-0.05, 0) is 26.2 Å². The van der Waals surface area contributed by atoms with E-state index in [4.69, 9.17) is 5.73 Å². The lowest BCUT2D eigenvalue weighted by molar-refractivity contribution is -0.150. The van der Waals surface area contributed by atoms with Crippen molar-refractivity contribution in [3.63, 3.8) is 0 Å². The van der Waals surface area contributed by atoms with Crippen molar-refractivity contribution in [1.29, 1.82) is 0 Å². The number of ether oxygens (including phenoxy) is 1. The van der Waals surface area contributed by atoms with Crippen molar-refractivity contribution in [2.75, 3.05) is 13.7 Å². The first kappa shape index (κ1) is 15.9. The van der Waals surface area contributed by atoms with Gasteiger partial charge in [-0.15, -0.1) is 0 Å². The van der Waals surface area contributed by atoms with E-state index >= 15 is 0 Å². The van der Waals surface area contributed by atoms with Gasteiger partial charge >= 0.3 is 5.97 Å². The summed E-state index contributed by atoms with van der Waals surface area (Å²) in [7, 11) is 1.30. The molecule has 100 valence electrons. The largest absolute Gasteiger partial charge is 0.467 e. The van der Waals surface area contributed by atoms with Crippen LogP contribution < -0.4 is 11.1 Å². The van der Waals surface area contributed by atoms with Gasteiger partial charge in [0.15, 0.2) is 0 Å². The lowest BCUT2D eigenvalue weighted by atomic mass is 9.95. The van der Waals surface area contributed by atoms with Gasteiger partial charge in [0, 0.05) is 6.54 Å². The predicted octanol–water partition coefficient (Wildman–Crippen LogP) is 0.675. The topological polar surface area (TPSA) is 81.4 Å². The van der Waals surface area contributed by atoms with Crippen molar-refractivity contribution in [1.82, 2.24) is 5.32 Å². The number of esters is 1. The van der Waals surface area contributed by atoms with Crippen LogP contribution >= 0.6 is 0 Å². The number of hydrogen-bond donors (Lipinski definition) is 2. The van der Waals surface area contributed by atoms with Gasteiger partial charge in [-0.3, -0.25) is 4.79 Å². The van der Waals surface area contributed by atoms with Gasteiger partial charge < -0.3 is 15.8 Å². The number of nitrogens with one attached hydrogen (secondary N) is 1. The fourth-order valence-electron chi connectivity index (χ4n) is 1.60. The Balaban J connectivity index is 4.55. The van der Waals surface area contributed by atoms with E-state index in [2.05, 4.69) is 10.1 Å². The first-order valence-corrected chi connectivity index (χ1v) is 5.85. The number of carbonyl (C=O) groups is 2. The summed E-state index contributed by atoms with van der Waals surface area (Å²) in [6, 6.07) is 0. The molecule has 0 rings (SSSR count). The van der Waals surface area contributed by atoms with Crippen LogP contribution in [0, 0.1) is 11.8 Å². The fourth-order valence-corrected chi connectivity index (χ4v) is 1.60. The summed E-state index contributed by atoms with van der Waals surface area (Å²) >= 11 is 0. The molecule has 0 saturated carbocycles. The van der Waals surface area contributed by atoms with Crippen molar-refractivity contribution in [2.24, 2.45) is 17.6 Å². The summed E-state index contributed by atoms with van der Waals surface area (Å²) in [5.74, 6) is -0.544. The minimum Gasteiger partial charge on any atom is -0.467 e. The minimum absolute atomic E-state index is 0.198. The molecule has 0 radical (unpaired) electrons. The van der Waals surface area contributed by atoms with E-state index in [9.17, 15) is 9.59 Å². The smallest absolute Gasteiger partial charge is 0.330 e. The number of rotatable bonds is 6. The molecule has 5 heteroatoms. The summed E-state index contributed by atoms with van der Waals surface area (Å²) in [5.41, 5.74) is 4.55. The molecule has 0 heterocycles. The van der Waals surface area contributed by atoms with Gasteiger partial charge in [-0.2, -0.15) is 0 Å². The monoisotopic (exact) mass is 244 g/mol. The van der Waals surface area contributed by atoms with E-state index < -0.39 is 11.5 Å². The number of methoxy groups -OCH3 is 1. The molecule has 0 saturated heterocycles. The molecule has 0 bridgehead atoms. The van der Waals surface area contributed by atoms with E-state index in [0.717, 1.165) is 0 Å². The summed E-state index contributed by atoms with van der Waals surface area (Å²) in [6.07, 6.45) is 0.708. The van der Waals surface area contributed by atoms with Gasteiger partial charge in [-0.1, -0.05) is 13.8 Å². The zero-order chi connectivity index (χ0) is 13.6. The normalized spacial score (nSPS) is 13.4. The molecule has 0 aliphatic rings. The maximum absolute atomic E-state index is 11.9. The minimum atomic E-state index is -1.02. The van der Waals surface area contributed by atoms with E-state index in [1.165, 1.54) is 7.11 Å². The Labute approximate surface area is 103 Å². The Morgan fingerprint density at radius 1 is 1.35 bits per heavy atom. The fraction of sp³-hybridized carbons (Fsp3) is 0.833. The molecule has 1 unspecified atom stereocenters. The zero-order valence-electron chi connectivity index (χ0n) is 11.4. The Hall–Kier alpha value is -1.10. The highest BCUT2D eigenvalue weighted by Gasteiger charge is 2.32. The average molecular weight is 244 g/mol. The summed E-state index contributed by atoms with van der Waals surface area (Å²) in [4.78, 5) is 23.4. The van der Waals surface area contributed by atoms with Crippen LogP contribution in [0.2, 0.25) is 0 Å². The maximum atomic E-state index is 11.9. The molecule has 1 amide bonds. The maximum Gasteiger partial charge on any atom is 0.330 e. The number of amides is 1. The zero-order valence-corrected chi connectivity index (χ0v) is 11.4. The van der Waals surface area contributed by atoms with Gasteiger partial charge in [-0.25, -0.2) is 4.79 Å². The van der Waals surface area contributed by atoms with Gasteiger partial charge in [0.25, 0.3) is 0 Å². The SMILES string of the molecule is COC(=O)C(C)(C)NC(=O)C(CN)CC(C)C. The first-order chi connectivity index (χ1) is 7.74. The second-order valence-electron chi connectivity index (χ2n) is 5.17. The molecule has 0 aromatic rings. The molecule has 0 aliphatic carbocycles. The molecular formula is C12H24N2O3. The van der Waals surface area contributed by atoms with E-state index in [1.807, 2.05) is 13.8 Å². The molecule has 0 fully saturated rings. The molecule has 3 N–H and O–H groups in total. The van der Waals surface area contributed by atoms with E-state index in [0.29, 0.717) is 12.3 Å². The highest BCUT2D eigenvalue weighted by Crippen LogP contribution is 2.13. The standard InChI is InChI=1S/C12H24N2O3/c1-8(2)6-9(7-13)10(15)14-12(3,4)11(16)17-5/h8-9H,6-7,13H2,1-5H3,(H,14,15). The predicted molar refractivity (Wildman–Crippen MR) is 66.2 cm³/mol. The average Bonchev–Trinajstić information content (AvgIpc) is 2.23. The Morgan fingerprint density at radius 3 is 2.24 bits per heavy atom. The van der Waals surface area contributed by atoms with Crippen molar-refractivity contribution < 1.29 is 14.3 Å². The third-order valence-corrected chi connectivity index (χ3v) is 2.54. The third-order valence-electron chi connectivity index (χ3n) is 2.54. The van der Waals surface area contributed by atoms with Gasteiger partial charge in [0.1, 0.15) is 5.54 Å². The summed E-state index contributed by atoms with van der Waals surface area (Å²) in [5, 5.41) is 2.67. The van der Waals surface area contributed by atoms with Crippen molar-refractivity contribution in [3.05, 3.63) is 0 Å². The van der Waals surface area contributed by atoms with Crippen LogP contribution in [-0.4, -0.2) is 31.1 Å². The van der Waals surface area contributed by atoms with Gasteiger partial charge in [0.2, 0.25) is 5.91 Å². The lowest BCUT2D eigenvalue weighted by Gasteiger charge is -2.26. The highest BCUT2D eigenvalue weighted by molar-refractivity contribution is 5.88. The van der Waals surface area contributed by atoms with Crippen LogP contribution in [0.5, 0.6) is 0 Å². The Bertz CT molecular complexity index is 275. The van der Waals surface area contributed by atoms with Crippen LogP contribution in [0.1, 0.15) is 34.1 Å². The number of carbonyl (C=O) groups excluding carboxylic acids is 2. The highest BCUT2D eigenvalue weighted by atomic mass is 16.5. The molecule has 0 aromatic heterocycles. The van der Waals surface area contributed by atoms with Crippen LogP contribution in [0.3, 0.4) is 0 Å². The Kier molecular flexibility index (Phi) is 6.16. The molecule has 5 nitrogen and oxygen atoms in total. The second-order valence-corrected chi connectivity index (χ2v) is 5.17. The van der Waals surface area contributed by atoms with Crippen LogP contribution in [0.4, 0.5) is 0 Å². The van der Waals surface area contributed by atoms with Gasteiger partial charge in [0.05, 0.1) is 13.0 Å². The van der Waals surface area contributed by atoms with Crippen LogP contribution in [0.15, 0.2) is 0 Å². The van der Waals surface area contributed by atoms with Crippen molar-refractivity contribution >= 4 is 11.9 Å². The third kappa shape index (κ3) is 5.17. The molecular weight excluding hydrogens is 220 g/mol. The van der Waals surface area contributed by atoms with Crippen LogP contribution in [-0.2, 0) is 14.3 Å². The number of hydrogen-bond acceptors (Lipinski definition) is 4. The summed E-state index contributed by atoms with van der Waals surface area (Å²) < 4.78 is 4.63. The molecule has 0 spiro atoms. The van der Waals surface area contributed by atoms with Crippen molar-refractivity contribution in [2.45, 2.75) is 39.7 Å².